The van der Waals surface area contributed by atoms with Gasteiger partial charge < -0.3 is 14.8 Å². The standard InChI is InChI=1S/C23H25N3O2/c1-15-19(11-16-7-3-2-4-8-16)27-21(25-15)13-24-14-22-26-23-18-10-6-5-9-17(18)12-20(23)28-22/h2-10,15,19-20,23-24H,11-14H2,1H3/t15-,19+,20+,23-/m1/s1. The first-order valence-electron chi connectivity index (χ1n) is 10.1. The molecule has 5 heteroatoms. The molecule has 0 spiro atoms. The third-order valence-electron chi connectivity index (χ3n) is 5.72. The topological polar surface area (TPSA) is 55.2 Å². The van der Waals surface area contributed by atoms with Crippen LogP contribution in [0.4, 0.5) is 0 Å². The van der Waals surface area contributed by atoms with Crippen LogP contribution in [0.2, 0.25) is 0 Å². The molecule has 144 valence electrons. The molecule has 2 heterocycles. The van der Waals surface area contributed by atoms with E-state index in [0.29, 0.717) is 13.1 Å². The number of rotatable bonds is 6. The summed E-state index contributed by atoms with van der Waals surface area (Å²) in [4.78, 5) is 9.46. The van der Waals surface area contributed by atoms with E-state index in [2.05, 4.69) is 65.8 Å². The second-order valence-corrected chi connectivity index (χ2v) is 7.74. The normalized spacial score (nSPS) is 27.5. The fourth-order valence-electron chi connectivity index (χ4n) is 4.28. The molecule has 0 saturated carbocycles. The van der Waals surface area contributed by atoms with Crippen molar-refractivity contribution >= 4 is 11.8 Å². The van der Waals surface area contributed by atoms with Crippen molar-refractivity contribution in [3.8, 4) is 0 Å². The van der Waals surface area contributed by atoms with Gasteiger partial charge in [0.25, 0.3) is 0 Å². The minimum atomic E-state index is 0.107. The number of hydrogen-bond acceptors (Lipinski definition) is 5. The maximum Gasteiger partial charge on any atom is 0.198 e. The van der Waals surface area contributed by atoms with Gasteiger partial charge in [0.05, 0.1) is 19.1 Å². The van der Waals surface area contributed by atoms with Gasteiger partial charge in [0.15, 0.2) is 11.8 Å². The number of nitrogens with zero attached hydrogens (tertiary/aromatic N) is 2. The van der Waals surface area contributed by atoms with Crippen molar-refractivity contribution in [2.75, 3.05) is 13.1 Å². The lowest BCUT2D eigenvalue weighted by atomic mass is 10.0. The lowest BCUT2D eigenvalue weighted by molar-refractivity contribution is 0.193. The van der Waals surface area contributed by atoms with Crippen molar-refractivity contribution in [3.05, 3.63) is 71.3 Å². The summed E-state index contributed by atoms with van der Waals surface area (Å²) in [6, 6.07) is 19.3. The second-order valence-electron chi connectivity index (χ2n) is 7.74. The molecule has 0 amide bonds. The Morgan fingerprint density at radius 3 is 2.54 bits per heavy atom. The molecule has 0 fully saturated rings. The SMILES string of the molecule is C[C@H]1N=C(CNCC2=N[C@@H]3c4ccccc4C[C@@H]3O2)O[C@H]1Cc1ccccc1. The van der Waals surface area contributed by atoms with Crippen molar-refractivity contribution in [2.45, 2.75) is 44.1 Å². The van der Waals surface area contributed by atoms with E-state index in [1.807, 2.05) is 6.07 Å². The van der Waals surface area contributed by atoms with Crippen LogP contribution < -0.4 is 5.32 Å². The van der Waals surface area contributed by atoms with Crippen LogP contribution in [-0.2, 0) is 22.3 Å². The van der Waals surface area contributed by atoms with Gasteiger partial charge >= 0.3 is 0 Å². The molecular weight excluding hydrogens is 350 g/mol. The van der Waals surface area contributed by atoms with Crippen LogP contribution in [0.3, 0.4) is 0 Å². The van der Waals surface area contributed by atoms with Crippen molar-refractivity contribution in [2.24, 2.45) is 9.98 Å². The van der Waals surface area contributed by atoms with Crippen molar-refractivity contribution in [1.82, 2.24) is 5.32 Å². The van der Waals surface area contributed by atoms with Crippen molar-refractivity contribution in [1.29, 1.82) is 0 Å². The molecular formula is C23H25N3O2. The van der Waals surface area contributed by atoms with E-state index in [9.17, 15) is 0 Å². The van der Waals surface area contributed by atoms with Crippen LogP contribution in [0.15, 0.2) is 64.6 Å². The molecule has 28 heavy (non-hydrogen) atoms. The van der Waals surface area contributed by atoms with Gasteiger partial charge in [-0.3, -0.25) is 0 Å². The predicted octanol–water partition coefficient (Wildman–Crippen LogP) is 3.10. The van der Waals surface area contributed by atoms with Gasteiger partial charge in [0.2, 0.25) is 0 Å². The summed E-state index contributed by atoms with van der Waals surface area (Å²) in [5, 5.41) is 3.38. The van der Waals surface area contributed by atoms with E-state index in [1.165, 1.54) is 16.7 Å². The maximum atomic E-state index is 6.07. The Bertz CT molecular complexity index is 909. The zero-order chi connectivity index (χ0) is 18.9. The molecule has 5 nitrogen and oxygen atoms in total. The van der Waals surface area contributed by atoms with Crippen molar-refractivity contribution < 1.29 is 9.47 Å². The molecule has 0 aromatic heterocycles. The Morgan fingerprint density at radius 1 is 0.929 bits per heavy atom. The van der Waals surface area contributed by atoms with Gasteiger partial charge in [-0.25, -0.2) is 9.98 Å². The smallest absolute Gasteiger partial charge is 0.198 e. The summed E-state index contributed by atoms with van der Waals surface area (Å²) in [7, 11) is 0. The Labute approximate surface area is 165 Å². The van der Waals surface area contributed by atoms with Crippen molar-refractivity contribution in [3.63, 3.8) is 0 Å². The third kappa shape index (κ3) is 3.42. The van der Waals surface area contributed by atoms with Crippen LogP contribution in [0.5, 0.6) is 0 Å². The highest BCUT2D eigenvalue weighted by Gasteiger charge is 2.38. The summed E-state index contributed by atoms with van der Waals surface area (Å²) in [5.74, 6) is 1.56. The maximum absolute atomic E-state index is 6.07. The van der Waals surface area contributed by atoms with Gasteiger partial charge in [-0.15, -0.1) is 0 Å². The number of nitrogens with one attached hydrogen (secondary N) is 1. The van der Waals surface area contributed by atoms with Crippen LogP contribution >= 0.6 is 0 Å². The molecule has 0 saturated heterocycles. The first-order valence-corrected chi connectivity index (χ1v) is 10.1. The molecule has 0 bridgehead atoms. The van der Waals surface area contributed by atoms with E-state index in [1.54, 1.807) is 0 Å². The molecule has 5 rings (SSSR count). The highest BCUT2D eigenvalue weighted by molar-refractivity contribution is 5.83. The summed E-state index contributed by atoms with van der Waals surface area (Å²) >= 11 is 0. The number of aliphatic imine (C=N–C) groups is 2. The van der Waals surface area contributed by atoms with Gasteiger partial charge in [0.1, 0.15) is 18.2 Å². The monoisotopic (exact) mass is 375 g/mol. The van der Waals surface area contributed by atoms with Crippen LogP contribution in [-0.4, -0.2) is 43.1 Å². The quantitative estimate of drug-likeness (QED) is 0.844. The lowest BCUT2D eigenvalue weighted by Crippen LogP contribution is -2.31. The molecule has 1 aliphatic carbocycles. The van der Waals surface area contributed by atoms with Gasteiger partial charge in [-0.05, 0) is 23.6 Å². The Kier molecular flexibility index (Phi) is 4.61. The first-order chi connectivity index (χ1) is 13.8. The van der Waals surface area contributed by atoms with Crippen LogP contribution in [0.1, 0.15) is 29.7 Å². The van der Waals surface area contributed by atoms with E-state index < -0.39 is 0 Å². The van der Waals surface area contributed by atoms with Crippen LogP contribution in [0.25, 0.3) is 0 Å². The predicted molar refractivity (Wildman–Crippen MR) is 110 cm³/mol. The fraction of sp³-hybridized carbons (Fsp3) is 0.391. The minimum Gasteiger partial charge on any atom is -0.474 e. The zero-order valence-electron chi connectivity index (χ0n) is 16.0. The summed E-state index contributed by atoms with van der Waals surface area (Å²) in [6.45, 7) is 3.32. The molecule has 2 aromatic carbocycles. The Balaban J connectivity index is 1.12. The van der Waals surface area contributed by atoms with Gasteiger partial charge in [0, 0.05) is 12.8 Å². The molecule has 0 radical (unpaired) electrons. The fourth-order valence-corrected chi connectivity index (χ4v) is 4.28. The lowest BCUT2D eigenvalue weighted by Gasteiger charge is -2.15. The Morgan fingerprint density at radius 2 is 1.68 bits per heavy atom. The van der Waals surface area contributed by atoms with Gasteiger partial charge in [-0.2, -0.15) is 0 Å². The third-order valence-corrected chi connectivity index (χ3v) is 5.72. The van der Waals surface area contributed by atoms with Crippen LogP contribution in [0, 0.1) is 0 Å². The Hall–Kier alpha value is -2.66. The van der Waals surface area contributed by atoms with E-state index in [-0.39, 0.29) is 24.3 Å². The molecule has 2 aromatic rings. The average Bonchev–Trinajstić information content (AvgIpc) is 3.36. The first kappa shape index (κ1) is 17.4. The molecule has 1 N–H and O–H groups in total. The summed E-state index contributed by atoms with van der Waals surface area (Å²) in [5.41, 5.74) is 3.95. The number of fused-ring (bicyclic) bond motifs is 3. The number of ether oxygens (including phenoxy) is 2. The largest absolute Gasteiger partial charge is 0.474 e. The highest BCUT2D eigenvalue weighted by Crippen LogP contribution is 2.39. The highest BCUT2D eigenvalue weighted by atomic mass is 16.5. The molecule has 3 aliphatic rings. The zero-order valence-corrected chi connectivity index (χ0v) is 16.0. The summed E-state index contributed by atoms with van der Waals surface area (Å²) < 4.78 is 12.1. The number of hydrogen-bond donors (Lipinski definition) is 1. The average molecular weight is 375 g/mol. The van der Waals surface area contributed by atoms with E-state index >= 15 is 0 Å². The minimum absolute atomic E-state index is 0.107. The van der Waals surface area contributed by atoms with E-state index in [0.717, 1.165) is 24.6 Å². The molecule has 2 aliphatic heterocycles. The molecule has 0 unspecified atom stereocenters. The summed E-state index contributed by atoms with van der Waals surface area (Å²) in [6.07, 6.45) is 2.09. The van der Waals surface area contributed by atoms with Gasteiger partial charge in [-0.1, -0.05) is 54.6 Å². The van der Waals surface area contributed by atoms with E-state index in [4.69, 9.17) is 14.5 Å². The number of benzene rings is 2. The second kappa shape index (κ2) is 7.40. The molecule has 4 atom stereocenters.